The molecule has 0 spiro atoms. The van der Waals surface area contributed by atoms with Gasteiger partial charge in [0.1, 0.15) is 11.5 Å². The van der Waals surface area contributed by atoms with Crippen LogP contribution in [-0.4, -0.2) is 68.7 Å². The maximum atomic E-state index is 10.8. The van der Waals surface area contributed by atoms with Crippen LogP contribution in [-0.2, 0) is 4.79 Å². The number of carbonyl (C=O) groups excluding carboxylic acids is 1. The Morgan fingerprint density at radius 1 is 0.889 bits per heavy atom. The Morgan fingerprint density at radius 3 is 1.96 bits per heavy atom. The maximum Gasteiger partial charge on any atom is 0.211 e. The summed E-state index contributed by atoms with van der Waals surface area (Å²) in [6, 6.07) is 5.56. The molecule has 1 N–H and O–H groups in total. The Balaban J connectivity index is 2.53. The number of hydrogen-bond donors (Lipinski definition) is 1. The van der Waals surface area contributed by atoms with Gasteiger partial charge in [0.25, 0.3) is 0 Å². The van der Waals surface area contributed by atoms with Gasteiger partial charge in [0, 0.05) is 19.2 Å². The molecule has 0 saturated heterocycles. The fourth-order valence-electron chi connectivity index (χ4n) is 2.92. The monoisotopic (exact) mass is 379 g/mol. The Morgan fingerprint density at radius 2 is 1.44 bits per heavy atom. The van der Waals surface area contributed by atoms with Crippen molar-refractivity contribution in [1.29, 1.82) is 0 Å². The second-order valence-electron chi connectivity index (χ2n) is 6.38. The fraction of sp³-hybridized carbons (Fsp3) is 0.667. The van der Waals surface area contributed by atoms with Crippen molar-refractivity contribution in [2.75, 3.05) is 57.8 Å². The first-order valence-electron chi connectivity index (χ1n) is 10.2. The molecule has 0 unspecified atom stereocenters. The number of hydrogen-bond acceptors (Lipinski definition) is 5. The van der Waals surface area contributed by atoms with E-state index >= 15 is 0 Å². The molecule has 1 aromatic rings. The average Bonchev–Trinajstić information content (AvgIpc) is 2.70. The summed E-state index contributed by atoms with van der Waals surface area (Å²) >= 11 is 0. The van der Waals surface area contributed by atoms with Crippen LogP contribution in [0.4, 0.5) is 5.69 Å². The van der Waals surface area contributed by atoms with E-state index in [2.05, 4.69) is 42.8 Å². The van der Waals surface area contributed by atoms with Crippen molar-refractivity contribution in [3.8, 4) is 11.5 Å². The minimum Gasteiger partial charge on any atom is -0.493 e. The number of ether oxygens (including phenoxy) is 2. The minimum absolute atomic E-state index is 0.607. The number of carbonyl (C=O) groups is 1. The maximum absolute atomic E-state index is 10.8. The van der Waals surface area contributed by atoms with Crippen LogP contribution >= 0.6 is 0 Å². The first kappa shape index (κ1) is 23.2. The summed E-state index contributed by atoms with van der Waals surface area (Å²) in [7, 11) is 0. The quantitative estimate of drug-likeness (QED) is 0.352. The zero-order valence-electron chi connectivity index (χ0n) is 17.5. The first-order chi connectivity index (χ1) is 13.2. The van der Waals surface area contributed by atoms with Gasteiger partial charge in [-0.15, -0.1) is 0 Å². The van der Waals surface area contributed by atoms with Crippen LogP contribution in [0, 0.1) is 0 Å². The van der Waals surface area contributed by atoms with Gasteiger partial charge in [0.15, 0.2) is 0 Å². The molecule has 1 amide bonds. The summed E-state index contributed by atoms with van der Waals surface area (Å²) < 4.78 is 11.8. The van der Waals surface area contributed by atoms with E-state index in [0.717, 1.165) is 57.9 Å². The highest BCUT2D eigenvalue weighted by molar-refractivity contribution is 5.76. The van der Waals surface area contributed by atoms with Crippen molar-refractivity contribution < 1.29 is 14.3 Å². The minimum atomic E-state index is 0.607. The van der Waals surface area contributed by atoms with Gasteiger partial charge in [-0.3, -0.25) is 4.79 Å². The molecule has 0 aliphatic heterocycles. The van der Waals surface area contributed by atoms with Crippen LogP contribution in [0.15, 0.2) is 18.2 Å². The van der Waals surface area contributed by atoms with E-state index in [-0.39, 0.29) is 0 Å². The molecular formula is C21H37N3O3. The highest BCUT2D eigenvalue weighted by Crippen LogP contribution is 2.29. The summed E-state index contributed by atoms with van der Waals surface area (Å²) in [5, 5.41) is 2.69. The molecule has 0 atom stereocenters. The molecule has 0 aliphatic rings. The topological polar surface area (TPSA) is 54.0 Å². The highest BCUT2D eigenvalue weighted by atomic mass is 16.5. The average molecular weight is 380 g/mol. The number of benzene rings is 1. The van der Waals surface area contributed by atoms with Crippen molar-refractivity contribution in [1.82, 2.24) is 9.80 Å². The summed E-state index contributed by atoms with van der Waals surface area (Å²) in [6.45, 7) is 16.2. The second-order valence-corrected chi connectivity index (χ2v) is 6.38. The Bertz CT molecular complexity index is 517. The number of nitrogens with zero attached hydrogens (tertiary/aromatic N) is 2. The van der Waals surface area contributed by atoms with Crippen molar-refractivity contribution in [3.63, 3.8) is 0 Å². The number of nitrogens with one attached hydrogen (secondary N) is 1. The predicted octanol–water partition coefficient (Wildman–Crippen LogP) is 3.48. The van der Waals surface area contributed by atoms with E-state index in [4.69, 9.17) is 9.47 Å². The molecule has 6 heteroatoms. The van der Waals surface area contributed by atoms with E-state index in [0.29, 0.717) is 31.1 Å². The van der Waals surface area contributed by atoms with E-state index < -0.39 is 0 Å². The molecule has 1 aromatic carbocycles. The van der Waals surface area contributed by atoms with E-state index in [9.17, 15) is 4.79 Å². The van der Waals surface area contributed by atoms with Crippen molar-refractivity contribution in [2.45, 2.75) is 40.5 Å². The molecule has 0 saturated carbocycles. The Kier molecular flexibility index (Phi) is 12.3. The third-order valence-corrected chi connectivity index (χ3v) is 4.72. The largest absolute Gasteiger partial charge is 0.493 e. The van der Waals surface area contributed by atoms with Gasteiger partial charge in [-0.05, 0) is 51.2 Å². The van der Waals surface area contributed by atoms with Gasteiger partial charge >= 0.3 is 0 Å². The van der Waals surface area contributed by atoms with E-state index in [1.807, 2.05) is 18.2 Å². The summed E-state index contributed by atoms with van der Waals surface area (Å²) in [4.78, 5) is 15.6. The molecule has 6 nitrogen and oxygen atoms in total. The zero-order valence-corrected chi connectivity index (χ0v) is 17.5. The van der Waals surface area contributed by atoms with Gasteiger partial charge in [-0.2, -0.15) is 0 Å². The van der Waals surface area contributed by atoms with Gasteiger partial charge < -0.3 is 24.6 Å². The molecule has 0 bridgehead atoms. The van der Waals surface area contributed by atoms with Crippen LogP contribution in [0.25, 0.3) is 0 Å². The van der Waals surface area contributed by atoms with Gasteiger partial charge in [0.05, 0.1) is 18.9 Å². The molecular weight excluding hydrogens is 342 g/mol. The highest BCUT2D eigenvalue weighted by Gasteiger charge is 2.07. The summed E-state index contributed by atoms with van der Waals surface area (Å²) in [5.41, 5.74) is 0.670. The van der Waals surface area contributed by atoms with Crippen LogP contribution in [0.5, 0.6) is 11.5 Å². The van der Waals surface area contributed by atoms with Crippen molar-refractivity contribution >= 4 is 12.1 Å². The lowest BCUT2D eigenvalue weighted by Gasteiger charge is -2.19. The molecule has 154 valence electrons. The van der Waals surface area contributed by atoms with Crippen molar-refractivity contribution in [2.24, 2.45) is 0 Å². The summed E-state index contributed by atoms with van der Waals surface area (Å²) in [5.74, 6) is 1.42. The summed E-state index contributed by atoms with van der Waals surface area (Å²) in [6.07, 6.45) is 2.59. The van der Waals surface area contributed by atoms with Crippen LogP contribution in [0.1, 0.15) is 40.5 Å². The first-order valence-corrected chi connectivity index (χ1v) is 10.2. The van der Waals surface area contributed by atoms with Crippen LogP contribution < -0.4 is 14.8 Å². The number of anilines is 1. The van der Waals surface area contributed by atoms with Crippen LogP contribution in [0.3, 0.4) is 0 Å². The van der Waals surface area contributed by atoms with Gasteiger partial charge in [-0.25, -0.2) is 0 Å². The standard InChI is InChI=1S/C21H37N3O3/c1-5-23(6-2)13-9-15-26-19-11-12-20(22-18-25)21(17-19)27-16-10-14-24(7-3)8-4/h11-12,17-18H,5-10,13-16H2,1-4H3,(H,22,25). The predicted molar refractivity (Wildman–Crippen MR) is 112 cm³/mol. The normalized spacial score (nSPS) is 11.0. The van der Waals surface area contributed by atoms with Crippen molar-refractivity contribution in [3.05, 3.63) is 18.2 Å². The van der Waals surface area contributed by atoms with Gasteiger partial charge in [-0.1, -0.05) is 27.7 Å². The van der Waals surface area contributed by atoms with E-state index in [1.165, 1.54) is 0 Å². The fourth-order valence-corrected chi connectivity index (χ4v) is 2.92. The molecule has 0 radical (unpaired) electrons. The lowest BCUT2D eigenvalue weighted by Crippen LogP contribution is -2.25. The third kappa shape index (κ3) is 9.11. The number of amides is 1. The Labute approximate surface area is 164 Å². The molecule has 0 aromatic heterocycles. The van der Waals surface area contributed by atoms with Crippen LogP contribution in [0.2, 0.25) is 0 Å². The molecule has 0 fully saturated rings. The lowest BCUT2D eigenvalue weighted by molar-refractivity contribution is -0.105. The molecule has 1 rings (SSSR count). The number of rotatable bonds is 16. The van der Waals surface area contributed by atoms with Gasteiger partial charge in [0.2, 0.25) is 6.41 Å². The second kappa shape index (κ2) is 14.3. The smallest absolute Gasteiger partial charge is 0.211 e. The SMILES string of the molecule is CCN(CC)CCCOc1ccc(NC=O)c(OCCCN(CC)CC)c1. The van der Waals surface area contributed by atoms with E-state index in [1.54, 1.807) is 0 Å². The lowest BCUT2D eigenvalue weighted by atomic mass is 10.2. The Hall–Kier alpha value is -1.79. The third-order valence-electron chi connectivity index (χ3n) is 4.72. The molecule has 0 aliphatic carbocycles. The zero-order chi connectivity index (χ0) is 19.9. The molecule has 0 heterocycles. The molecule has 27 heavy (non-hydrogen) atoms.